The summed E-state index contributed by atoms with van der Waals surface area (Å²) in [5.74, 6) is 0. The molecule has 0 radical (unpaired) electrons. The minimum Gasteiger partial charge on any atom is -0.389 e. The smallest absolute Gasteiger partial charge is 0.243 e. The second-order valence-electron chi connectivity index (χ2n) is 4.86. The molecular formula is C12H18N2O3S. The van der Waals surface area contributed by atoms with Gasteiger partial charge in [0.25, 0.3) is 0 Å². The maximum Gasteiger partial charge on any atom is 0.243 e. The van der Waals surface area contributed by atoms with Gasteiger partial charge in [0.2, 0.25) is 10.0 Å². The lowest BCUT2D eigenvalue weighted by molar-refractivity contribution is 0.0762. The first kappa shape index (κ1) is 13.3. The van der Waals surface area contributed by atoms with Gasteiger partial charge in [-0.2, -0.15) is 4.31 Å². The summed E-state index contributed by atoms with van der Waals surface area (Å²) in [6.45, 7) is 2.18. The Balaban J connectivity index is 2.25. The molecule has 6 heteroatoms. The molecule has 0 aliphatic carbocycles. The zero-order valence-electron chi connectivity index (χ0n) is 10.5. The molecule has 1 aromatic rings. The van der Waals surface area contributed by atoms with E-state index in [1.54, 1.807) is 38.2 Å². The molecule has 0 bridgehead atoms. The Morgan fingerprint density at radius 3 is 2.39 bits per heavy atom. The normalized spacial score (nSPS) is 25.3. The van der Waals surface area contributed by atoms with Gasteiger partial charge in [-0.25, -0.2) is 8.42 Å². The highest BCUT2D eigenvalue weighted by atomic mass is 32.2. The van der Waals surface area contributed by atoms with Gasteiger partial charge in [-0.05, 0) is 37.6 Å². The van der Waals surface area contributed by atoms with E-state index >= 15 is 0 Å². The highest BCUT2D eigenvalue weighted by Crippen LogP contribution is 2.27. The summed E-state index contributed by atoms with van der Waals surface area (Å²) in [4.78, 5) is 0.263. The van der Waals surface area contributed by atoms with Crippen LogP contribution in [-0.4, -0.2) is 43.6 Å². The van der Waals surface area contributed by atoms with E-state index in [1.807, 2.05) is 0 Å². The summed E-state index contributed by atoms with van der Waals surface area (Å²) in [6.07, 6.45) is 0.473. The largest absolute Gasteiger partial charge is 0.389 e. The van der Waals surface area contributed by atoms with Gasteiger partial charge < -0.3 is 10.4 Å². The molecular weight excluding hydrogens is 252 g/mol. The number of hydrogen-bond acceptors (Lipinski definition) is 4. The summed E-state index contributed by atoms with van der Waals surface area (Å²) in [6, 6.07) is 6.60. The number of anilines is 1. The van der Waals surface area contributed by atoms with Crippen molar-refractivity contribution < 1.29 is 13.5 Å². The minimum atomic E-state index is -3.49. The monoisotopic (exact) mass is 270 g/mol. The van der Waals surface area contributed by atoms with Gasteiger partial charge in [0.05, 0.1) is 10.5 Å². The summed E-state index contributed by atoms with van der Waals surface area (Å²) in [5, 5.41) is 12.8. The molecule has 1 aliphatic rings. The van der Waals surface area contributed by atoms with E-state index in [-0.39, 0.29) is 11.4 Å². The zero-order valence-corrected chi connectivity index (χ0v) is 11.4. The molecule has 0 saturated carbocycles. The van der Waals surface area contributed by atoms with Crippen molar-refractivity contribution in [2.75, 3.05) is 25.5 Å². The molecule has 2 N–H and O–H groups in total. The van der Waals surface area contributed by atoms with Gasteiger partial charge >= 0.3 is 0 Å². The van der Waals surface area contributed by atoms with Gasteiger partial charge in [-0.1, -0.05) is 0 Å². The zero-order chi connectivity index (χ0) is 13.4. The van der Waals surface area contributed by atoms with E-state index in [2.05, 4.69) is 5.32 Å². The Morgan fingerprint density at radius 1 is 1.33 bits per heavy atom. The Bertz CT molecular complexity index is 523. The average Bonchev–Trinajstić information content (AvgIpc) is 2.70. The fraction of sp³-hybridized carbons (Fsp3) is 0.500. The predicted octanol–water partition coefficient (Wildman–Crippen LogP) is 0.874. The number of rotatable bonds is 3. The lowest BCUT2D eigenvalue weighted by Crippen LogP contribution is -2.33. The van der Waals surface area contributed by atoms with E-state index in [0.717, 1.165) is 5.69 Å². The van der Waals surface area contributed by atoms with Crippen LogP contribution in [0.3, 0.4) is 0 Å². The molecule has 5 nitrogen and oxygen atoms in total. The standard InChI is InChI=1S/C12H18N2O3S/c1-12(15)7-8-14(9-12)18(16,17)11-5-3-10(13-2)4-6-11/h3-6,13,15H,7-9H2,1-2H3. The quantitative estimate of drug-likeness (QED) is 0.855. The first-order valence-corrected chi connectivity index (χ1v) is 7.29. The maximum absolute atomic E-state index is 12.3. The van der Waals surface area contributed by atoms with Crippen LogP contribution in [-0.2, 0) is 10.0 Å². The highest BCUT2D eigenvalue weighted by molar-refractivity contribution is 7.89. The minimum absolute atomic E-state index is 0.156. The number of sulfonamides is 1. The van der Waals surface area contributed by atoms with Crippen LogP contribution < -0.4 is 5.32 Å². The van der Waals surface area contributed by atoms with Crippen molar-refractivity contribution >= 4 is 15.7 Å². The van der Waals surface area contributed by atoms with Crippen molar-refractivity contribution in [3.63, 3.8) is 0 Å². The van der Waals surface area contributed by atoms with Crippen molar-refractivity contribution in [3.8, 4) is 0 Å². The second-order valence-corrected chi connectivity index (χ2v) is 6.80. The summed E-state index contributed by atoms with van der Waals surface area (Å²) in [5.41, 5.74) is -0.0554. The number of hydrogen-bond donors (Lipinski definition) is 2. The molecule has 100 valence electrons. The Morgan fingerprint density at radius 2 is 1.94 bits per heavy atom. The molecule has 1 fully saturated rings. The lowest BCUT2D eigenvalue weighted by Gasteiger charge is -2.19. The number of nitrogens with zero attached hydrogens (tertiary/aromatic N) is 1. The van der Waals surface area contributed by atoms with Crippen LogP contribution in [0, 0.1) is 0 Å². The molecule has 0 spiro atoms. The van der Waals surface area contributed by atoms with Gasteiger partial charge in [-0.3, -0.25) is 0 Å². The lowest BCUT2D eigenvalue weighted by atomic mass is 10.1. The van der Waals surface area contributed by atoms with Crippen LogP contribution in [0.15, 0.2) is 29.2 Å². The van der Waals surface area contributed by atoms with Crippen molar-refractivity contribution in [2.45, 2.75) is 23.8 Å². The van der Waals surface area contributed by atoms with Crippen LogP contribution in [0.5, 0.6) is 0 Å². The van der Waals surface area contributed by atoms with Crippen molar-refractivity contribution in [2.24, 2.45) is 0 Å². The van der Waals surface area contributed by atoms with E-state index in [0.29, 0.717) is 13.0 Å². The predicted molar refractivity (Wildman–Crippen MR) is 70.0 cm³/mol. The Kier molecular flexibility index (Phi) is 3.35. The van der Waals surface area contributed by atoms with E-state index < -0.39 is 15.6 Å². The van der Waals surface area contributed by atoms with Crippen LogP contribution >= 0.6 is 0 Å². The van der Waals surface area contributed by atoms with Crippen LogP contribution in [0.25, 0.3) is 0 Å². The number of benzene rings is 1. The molecule has 1 aliphatic heterocycles. The molecule has 1 saturated heterocycles. The molecule has 1 heterocycles. The van der Waals surface area contributed by atoms with Gasteiger partial charge in [-0.15, -0.1) is 0 Å². The third-order valence-corrected chi connectivity index (χ3v) is 5.06. The maximum atomic E-state index is 12.3. The summed E-state index contributed by atoms with van der Waals surface area (Å²) < 4.78 is 26.0. The van der Waals surface area contributed by atoms with Crippen LogP contribution in [0.4, 0.5) is 5.69 Å². The third-order valence-electron chi connectivity index (χ3n) is 3.20. The van der Waals surface area contributed by atoms with Crippen LogP contribution in [0.2, 0.25) is 0 Å². The number of β-amino-alcohol motifs (C(OH)–C–C–N with tert-alkyl or cyclic N) is 1. The van der Waals surface area contributed by atoms with Gasteiger partial charge in [0.1, 0.15) is 0 Å². The molecule has 18 heavy (non-hydrogen) atoms. The van der Waals surface area contributed by atoms with E-state index in [4.69, 9.17) is 0 Å². The molecule has 1 atom stereocenters. The summed E-state index contributed by atoms with van der Waals surface area (Å²) >= 11 is 0. The average molecular weight is 270 g/mol. The topological polar surface area (TPSA) is 69.6 Å². The fourth-order valence-corrected chi connectivity index (χ4v) is 3.61. The van der Waals surface area contributed by atoms with Gasteiger partial charge in [0.15, 0.2) is 0 Å². The molecule has 2 rings (SSSR count). The van der Waals surface area contributed by atoms with Crippen LogP contribution in [0.1, 0.15) is 13.3 Å². The molecule has 1 unspecified atom stereocenters. The summed E-state index contributed by atoms with van der Waals surface area (Å²) in [7, 11) is -1.71. The first-order chi connectivity index (χ1) is 8.35. The van der Waals surface area contributed by atoms with E-state index in [9.17, 15) is 13.5 Å². The third kappa shape index (κ3) is 2.50. The number of nitrogens with one attached hydrogen (secondary N) is 1. The fourth-order valence-electron chi connectivity index (χ4n) is 2.05. The van der Waals surface area contributed by atoms with Gasteiger partial charge in [0, 0.05) is 25.8 Å². The van der Waals surface area contributed by atoms with Crippen molar-refractivity contribution in [3.05, 3.63) is 24.3 Å². The van der Waals surface area contributed by atoms with E-state index in [1.165, 1.54) is 4.31 Å². The van der Waals surface area contributed by atoms with Crippen molar-refractivity contribution in [1.82, 2.24) is 4.31 Å². The molecule has 1 aromatic carbocycles. The second kappa shape index (κ2) is 4.53. The first-order valence-electron chi connectivity index (χ1n) is 5.85. The molecule has 0 aromatic heterocycles. The van der Waals surface area contributed by atoms with Crippen molar-refractivity contribution in [1.29, 1.82) is 0 Å². The highest BCUT2D eigenvalue weighted by Gasteiger charge is 2.38. The Hall–Kier alpha value is -1.11. The Labute approximate surface area is 107 Å². The SMILES string of the molecule is CNc1ccc(S(=O)(=O)N2CCC(C)(O)C2)cc1. The number of aliphatic hydroxyl groups is 1. The molecule has 0 amide bonds.